The molecule has 0 bridgehead atoms. The van der Waals surface area contributed by atoms with Crippen molar-refractivity contribution in [2.24, 2.45) is 0 Å². The lowest BCUT2D eigenvalue weighted by molar-refractivity contribution is 0.341. The van der Waals surface area contributed by atoms with Crippen LogP contribution in [0.25, 0.3) is 6.08 Å². The molecule has 0 spiro atoms. The highest BCUT2D eigenvalue weighted by Gasteiger charge is 2.05. The lowest BCUT2D eigenvalue weighted by Crippen LogP contribution is -1.89. The van der Waals surface area contributed by atoms with E-state index in [4.69, 9.17) is 9.47 Å². The molecule has 92 valence electrons. The Hall–Kier alpha value is -2.29. The zero-order valence-electron chi connectivity index (χ0n) is 9.97. The summed E-state index contributed by atoms with van der Waals surface area (Å²) in [5.41, 5.74) is 0.809. The second-order valence-corrected chi connectivity index (χ2v) is 3.64. The maximum atomic E-state index is 13.6. The third-order valence-corrected chi connectivity index (χ3v) is 2.32. The molecule has 0 aromatic heterocycles. The minimum Gasteiger partial charge on any atom is -0.504 e. The molecule has 2 aromatic carbocycles. The summed E-state index contributed by atoms with van der Waals surface area (Å²) in [7, 11) is 1.56. The van der Waals surface area contributed by atoms with Crippen LogP contribution in [0.5, 0.6) is 11.5 Å². The van der Waals surface area contributed by atoms with Crippen molar-refractivity contribution in [1.82, 2.24) is 0 Å². The first-order chi connectivity index (χ1) is 8.79. The summed E-state index contributed by atoms with van der Waals surface area (Å²) >= 11 is 0. The normalized spacial score (nSPS) is 10.6. The zero-order chi connectivity index (χ0) is 12.8. The average Bonchev–Trinajstić information content (AvgIpc) is 2.41. The Labute approximate surface area is 105 Å². The molecule has 0 saturated carbocycles. The molecule has 0 fully saturated rings. The van der Waals surface area contributed by atoms with Crippen LogP contribution in [0.4, 0.5) is 4.39 Å². The number of hydrogen-bond acceptors (Lipinski definition) is 2. The molecule has 0 aliphatic heterocycles. The van der Waals surface area contributed by atoms with Gasteiger partial charge >= 0.3 is 0 Å². The van der Waals surface area contributed by atoms with Gasteiger partial charge < -0.3 is 9.47 Å². The van der Waals surface area contributed by atoms with Crippen LogP contribution in [0, 0.1) is 5.82 Å². The van der Waals surface area contributed by atoms with Crippen molar-refractivity contribution in [3.8, 4) is 11.5 Å². The summed E-state index contributed by atoms with van der Waals surface area (Å²) in [6.07, 6.45) is 3.26. The topological polar surface area (TPSA) is 18.5 Å². The van der Waals surface area contributed by atoms with E-state index in [1.165, 1.54) is 12.3 Å². The summed E-state index contributed by atoms with van der Waals surface area (Å²) < 4.78 is 23.9. The Bertz CT molecular complexity index is 535. The van der Waals surface area contributed by atoms with Gasteiger partial charge in [-0.05, 0) is 35.9 Å². The molecule has 0 N–H and O–H groups in total. The predicted molar refractivity (Wildman–Crippen MR) is 69.0 cm³/mol. The van der Waals surface area contributed by atoms with Gasteiger partial charge in [-0.2, -0.15) is 0 Å². The van der Waals surface area contributed by atoms with E-state index in [0.717, 1.165) is 5.56 Å². The molecule has 2 aromatic rings. The van der Waals surface area contributed by atoms with E-state index in [9.17, 15) is 4.39 Å². The minimum absolute atomic E-state index is 0.194. The Balaban J connectivity index is 2.24. The Kier molecular flexibility index (Phi) is 3.97. The molecular formula is C15H13FO2. The van der Waals surface area contributed by atoms with E-state index in [0.29, 0.717) is 5.75 Å². The smallest absolute Gasteiger partial charge is 0.165 e. The number of methoxy groups -OCH3 is 1. The highest BCUT2D eigenvalue weighted by molar-refractivity contribution is 5.51. The first-order valence-electron chi connectivity index (χ1n) is 5.51. The molecule has 18 heavy (non-hydrogen) atoms. The van der Waals surface area contributed by atoms with E-state index in [-0.39, 0.29) is 5.75 Å². The van der Waals surface area contributed by atoms with Crippen LogP contribution in [0.1, 0.15) is 5.56 Å². The van der Waals surface area contributed by atoms with E-state index in [1.807, 2.05) is 18.2 Å². The molecule has 0 unspecified atom stereocenters. The lowest BCUT2D eigenvalue weighted by Gasteiger charge is -2.07. The van der Waals surface area contributed by atoms with Gasteiger partial charge in [-0.25, -0.2) is 4.39 Å². The molecule has 0 heterocycles. The van der Waals surface area contributed by atoms with Crippen molar-refractivity contribution >= 4 is 6.08 Å². The van der Waals surface area contributed by atoms with E-state index < -0.39 is 5.82 Å². The Morgan fingerprint density at radius 2 is 1.83 bits per heavy atom. The van der Waals surface area contributed by atoms with Crippen molar-refractivity contribution in [3.05, 3.63) is 66.2 Å². The summed E-state index contributed by atoms with van der Waals surface area (Å²) in [6, 6.07) is 13.7. The maximum absolute atomic E-state index is 13.6. The molecule has 3 heteroatoms. The summed E-state index contributed by atoms with van der Waals surface area (Å²) in [5, 5.41) is 0. The quantitative estimate of drug-likeness (QED) is 0.749. The molecule has 2 rings (SSSR count). The number of rotatable bonds is 4. The summed E-state index contributed by atoms with van der Waals surface area (Å²) in [5.74, 6) is 0.400. The molecule has 0 radical (unpaired) electrons. The first kappa shape index (κ1) is 12.2. The highest BCUT2D eigenvalue weighted by atomic mass is 19.1. The molecule has 0 atom stereocenters. The Morgan fingerprint density at radius 3 is 2.56 bits per heavy atom. The van der Waals surface area contributed by atoms with Crippen LogP contribution in [-0.4, -0.2) is 7.11 Å². The van der Waals surface area contributed by atoms with E-state index >= 15 is 0 Å². The fraction of sp³-hybridized carbons (Fsp3) is 0.0667. The van der Waals surface area contributed by atoms with Gasteiger partial charge in [0.2, 0.25) is 0 Å². The van der Waals surface area contributed by atoms with Gasteiger partial charge in [0, 0.05) is 0 Å². The number of para-hydroxylation sites is 1. The summed E-state index contributed by atoms with van der Waals surface area (Å²) in [6.45, 7) is 0. The fourth-order valence-electron chi connectivity index (χ4n) is 1.46. The lowest BCUT2D eigenvalue weighted by atomic mass is 10.2. The van der Waals surface area contributed by atoms with Crippen molar-refractivity contribution in [1.29, 1.82) is 0 Å². The maximum Gasteiger partial charge on any atom is 0.165 e. The van der Waals surface area contributed by atoms with Crippen molar-refractivity contribution in [2.75, 3.05) is 7.11 Å². The first-order valence-corrected chi connectivity index (χ1v) is 5.51. The third-order valence-electron chi connectivity index (χ3n) is 2.32. The number of benzene rings is 2. The van der Waals surface area contributed by atoms with Crippen LogP contribution in [0.2, 0.25) is 0 Å². The van der Waals surface area contributed by atoms with Gasteiger partial charge in [0.05, 0.1) is 13.4 Å². The molecule has 0 aliphatic rings. The second-order valence-electron chi connectivity index (χ2n) is 3.64. The molecule has 0 aliphatic carbocycles. The number of hydrogen-bond donors (Lipinski definition) is 0. The van der Waals surface area contributed by atoms with E-state index in [1.54, 1.807) is 37.5 Å². The fourth-order valence-corrected chi connectivity index (χ4v) is 1.46. The second kappa shape index (κ2) is 5.87. The monoisotopic (exact) mass is 244 g/mol. The van der Waals surface area contributed by atoms with Crippen LogP contribution in [-0.2, 0) is 4.74 Å². The van der Waals surface area contributed by atoms with Gasteiger partial charge in [-0.1, -0.05) is 24.3 Å². The third kappa shape index (κ3) is 3.10. The largest absolute Gasteiger partial charge is 0.504 e. The number of ether oxygens (including phenoxy) is 2. The van der Waals surface area contributed by atoms with Crippen LogP contribution in [0.3, 0.4) is 0 Å². The van der Waals surface area contributed by atoms with Gasteiger partial charge in [0.25, 0.3) is 0 Å². The van der Waals surface area contributed by atoms with Crippen LogP contribution in [0.15, 0.2) is 54.8 Å². The predicted octanol–water partition coefficient (Wildman–Crippen LogP) is 4.24. The van der Waals surface area contributed by atoms with E-state index in [2.05, 4.69) is 0 Å². The van der Waals surface area contributed by atoms with Gasteiger partial charge in [0.1, 0.15) is 5.75 Å². The molecule has 2 nitrogen and oxygen atoms in total. The number of halogens is 1. The standard InChI is InChI=1S/C15H13FO2/c1-17-10-9-12-7-8-14(16)15(11-12)18-13-5-3-2-4-6-13/h2-11H,1H3. The minimum atomic E-state index is -0.395. The van der Waals surface area contributed by atoms with Crippen LogP contribution >= 0.6 is 0 Å². The van der Waals surface area contributed by atoms with Crippen molar-refractivity contribution in [2.45, 2.75) is 0 Å². The van der Waals surface area contributed by atoms with Gasteiger partial charge in [-0.3, -0.25) is 0 Å². The highest BCUT2D eigenvalue weighted by Crippen LogP contribution is 2.25. The zero-order valence-corrected chi connectivity index (χ0v) is 9.97. The summed E-state index contributed by atoms with van der Waals surface area (Å²) in [4.78, 5) is 0. The molecule has 0 saturated heterocycles. The SMILES string of the molecule is COC=Cc1ccc(F)c(Oc2ccccc2)c1. The molecular weight excluding hydrogens is 231 g/mol. The Morgan fingerprint density at radius 1 is 1.06 bits per heavy atom. The van der Waals surface area contributed by atoms with Crippen molar-refractivity contribution < 1.29 is 13.9 Å². The van der Waals surface area contributed by atoms with Crippen molar-refractivity contribution in [3.63, 3.8) is 0 Å². The average molecular weight is 244 g/mol. The van der Waals surface area contributed by atoms with Gasteiger partial charge in [0.15, 0.2) is 11.6 Å². The molecule has 0 amide bonds. The van der Waals surface area contributed by atoms with Gasteiger partial charge in [-0.15, -0.1) is 0 Å². The van der Waals surface area contributed by atoms with Crippen LogP contribution < -0.4 is 4.74 Å².